The summed E-state index contributed by atoms with van der Waals surface area (Å²) in [5, 5.41) is 13.9. The molecule has 0 unspecified atom stereocenters. The van der Waals surface area contributed by atoms with Crippen LogP contribution in [0.3, 0.4) is 0 Å². The van der Waals surface area contributed by atoms with Crippen molar-refractivity contribution in [2.75, 3.05) is 25.2 Å². The molecule has 6 nitrogen and oxygen atoms in total. The van der Waals surface area contributed by atoms with Crippen molar-refractivity contribution in [1.29, 1.82) is 0 Å². The van der Waals surface area contributed by atoms with Crippen LogP contribution in [-0.4, -0.2) is 42.5 Å². The number of rotatable bonds is 7. The van der Waals surface area contributed by atoms with E-state index in [1.54, 1.807) is 6.07 Å². The first-order chi connectivity index (χ1) is 14.0. The number of thioether (sulfide) groups is 2. The van der Waals surface area contributed by atoms with Crippen LogP contribution in [0.4, 0.5) is 0 Å². The molecule has 1 fully saturated rings. The van der Waals surface area contributed by atoms with Gasteiger partial charge in [0.15, 0.2) is 18.1 Å². The Hall–Kier alpha value is -1.36. The molecule has 0 aliphatic carbocycles. The largest absolute Gasteiger partial charge is 0.503 e. The van der Waals surface area contributed by atoms with Gasteiger partial charge in [-0.3, -0.25) is 4.79 Å². The van der Waals surface area contributed by atoms with Gasteiger partial charge in [-0.05, 0) is 55.6 Å². The number of hydrogen-bond donors (Lipinski definition) is 2. The third kappa shape index (κ3) is 5.84. The molecule has 1 heterocycles. The molecule has 0 aromatic heterocycles. The standard InChI is InChI=1S/C19H18Br2N2O4S2/c1-26-14-8-12(16(20)17(21)18(14)25)9-22-23-15(24)10-27-13-4-2-11(3-5-13)19-28-6-7-29-19/h2-5,8-9,19,25H,6-7,10H2,1H3,(H,23,24)/b22-9-. The van der Waals surface area contributed by atoms with E-state index in [0.717, 1.165) is 0 Å². The molecule has 0 atom stereocenters. The summed E-state index contributed by atoms with van der Waals surface area (Å²) in [6, 6.07) is 9.42. The Kier molecular flexibility index (Phi) is 8.16. The number of benzene rings is 2. The molecule has 1 saturated heterocycles. The number of carbonyl (C=O) groups excluding carboxylic acids is 1. The summed E-state index contributed by atoms with van der Waals surface area (Å²) in [7, 11) is 1.45. The Labute approximate surface area is 194 Å². The van der Waals surface area contributed by atoms with E-state index in [2.05, 4.69) is 42.4 Å². The van der Waals surface area contributed by atoms with Crippen LogP contribution in [-0.2, 0) is 4.79 Å². The predicted molar refractivity (Wildman–Crippen MR) is 125 cm³/mol. The Balaban J connectivity index is 1.52. The van der Waals surface area contributed by atoms with Crippen molar-refractivity contribution in [3.63, 3.8) is 0 Å². The zero-order chi connectivity index (χ0) is 20.8. The molecule has 1 amide bonds. The van der Waals surface area contributed by atoms with Gasteiger partial charge in [0.2, 0.25) is 0 Å². The Morgan fingerprint density at radius 2 is 1.97 bits per heavy atom. The molecular formula is C19H18Br2N2O4S2. The molecule has 1 aliphatic rings. The second kappa shape index (κ2) is 10.6. The van der Waals surface area contributed by atoms with Crippen LogP contribution in [0.1, 0.15) is 15.7 Å². The quantitative estimate of drug-likeness (QED) is 0.368. The van der Waals surface area contributed by atoms with Gasteiger partial charge in [0.05, 0.1) is 22.4 Å². The molecule has 0 radical (unpaired) electrons. The summed E-state index contributed by atoms with van der Waals surface area (Å²) in [6.07, 6.45) is 1.44. The van der Waals surface area contributed by atoms with E-state index in [1.165, 1.54) is 30.4 Å². The highest BCUT2D eigenvalue weighted by Gasteiger charge is 2.18. The number of carbonyl (C=O) groups is 1. The zero-order valence-corrected chi connectivity index (χ0v) is 20.2. The lowest BCUT2D eigenvalue weighted by Gasteiger charge is -2.10. The van der Waals surface area contributed by atoms with Crippen LogP contribution < -0.4 is 14.9 Å². The minimum Gasteiger partial charge on any atom is -0.503 e. The second-order valence-corrected chi connectivity index (χ2v) is 10.2. The van der Waals surface area contributed by atoms with Gasteiger partial charge in [-0.25, -0.2) is 5.43 Å². The fourth-order valence-corrected chi connectivity index (χ4v) is 6.18. The van der Waals surface area contributed by atoms with Gasteiger partial charge in [-0.2, -0.15) is 5.10 Å². The molecule has 10 heteroatoms. The summed E-state index contributed by atoms with van der Waals surface area (Å²) in [5.41, 5.74) is 4.30. The molecule has 2 aromatic carbocycles. The van der Waals surface area contributed by atoms with Gasteiger partial charge in [0, 0.05) is 21.5 Å². The molecule has 29 heavy (non-hydrogen) atoms. The van der Waals surface area contributed by atoms with Crippen molar-refractivity contribution in [1.82, 2.24) is 5.43 Å². The van der Waals surface area contributed by atoms with E-state index in [-0.39, 0.29) is 24.0 Å². The average molecular weight is 562 g/mol. The molecule has 2 N–H and O–H groups in total. The normalized spacial score (nSPS) is 14.3. The molecule has 2 aromatic rings. The van der Waals surface area contributed by atoms with Crippen molar-refractivity contribution in [2.24, 2.45) is 5.10 Å². The summed E-state index contributed by atoms with van der Waals surface area (Å²) in [4.78, 5) is 12.0. The number of hydrogen-bond acceptors (Lipinski definition) is 7. The highest BCUT2D eigenvalue weighted by atomic mass is 79.9. The molecule has 0 spiro atoms. The summed E-state index contributed by atoms with van der Waals surface area (Å²) >= 11 is 10.5. The van der Waals surface area contributed by atoms with Crippen molar-refractivity contribution < 1.29 is 19.4 Å². The van der Waals surface area contributed by atoms with Crippen LogP contribution in [0.25, 0.3) is 0 Å². The maximum Gasteiger partial charge on any atom is 0.277 e. The van der Waals surface area contributed by atoms with Gasteiger partial charge < -0.3 is 14.6 Å². The van der Waals surface area contributed by atoms with E-state index in [0.29, 0.717) is 24.8 Å². The molecule has 154 valence electrons. The highest BCUT2D eigenvalue weighted by molar-refractivity contribution is 9.13. The highest BCUT2D eigenvalue weighted by Crippen LogP contribution is 2.45. The summed E-state index contributed by atoms with van der Waals surface area (Å²) < 4.78 is 12.1. The summed E-state index contributed by atoms with van der Waals surface area (Å²) in [5.74, 6) is 2.88. The van der Waals surface area contributed by atoms with Crippen molar-refractivity contribution in [2.45, 2.75) is 4.58 Å². The van der Waals surface area contributed by atoms with Crippen LogP contribution >= 0.6 is 55.4 Å². The van der Waals surface area contributed by atoms with Crippen molar-refractivity contribution in [3.05, 3.63) is 50.4 Å². The number of phenolic OH excluding ortho intramolecular Hbond substituents is 1. The monoisotopic (exact) mass is 560 g/mol. The second-order valence-electron chi connectivity index (χ2n) is 5.87. The number of hydrazone groups is 1. The van der Waals surface area contributed by atoms with Crippen LogP contribution in [0, 0.1) is 0 Å². The Bertz CT molecular complexity index is 904. The number of amides is 1. The molecule has 0 saturated carbocycles. The lowest BCUT2D eigenvalue weighted by Crippen LogP contribution is -2.24. The van der Waals surface area contributed by atoms with E-state index in [1.807, 2.05) is 47.8 Å². The number of halogens is 2. The van der Waals surface area contributed by atoms with Gasteiger partial charge in [-0.1, -0.05) is 12.1 Å². The smallest absolute Gasteiger partial charge is 0.277 e. The molecular weight excluding hydrogens is 544 g/mol. The van der Waals surface area contributed by atoms with Gasteiger partial charge in [-0.15, -0.1) is 23.5 Å². The van der Waals surface area contributed by atoms with Crippen LogP contribution in [0.2, 0.25) is 0 Å². The number of methoxy groups -OCH3 is 1. The third-order valence-electron chi connectivity index (χ3n) is 3.93. The minimum atomic E-state index is -0.381. The van der Waals surface area contributed by atoms with Gasteiger partial charge in [0.1, 0.15) is 5.75 Å². The average Bonchev–Trinajstić information content (AvgIpc) is 3.27. The first kappa shape index (κ1) is 22.3. The summed E-state index contributed by atoms with van der Waals surface area (Å²) in [6.45, 7) is -0.145. The van der Waals surface area contributed by atoms with Gasteiger partial charge >= 0.3 is 0 Å². The lowest BCUT2D eigenvalue weighted by molar-refractivity contribution is -0.123. The van der Waals surface area contributed by atoms with Crippen LogP contribution in [0.5, 0.6) is 17.2 Å². The molecule has 1 aliphatic heterocycles. The number of nitrogens with zero attached hydrogens (tertiary/aromatic N) is 1. The third-order valence-corrected chi connectivity index (χ3v) is 9.19. The predicted octanol–water partition coefficient (Wildman–Crippen LogP) is 4.93. The first-order valence-electron chi connectivity index (χ1n) is 8.52. The van der Waals surface area contributed by atoms with E-state index in [9.17, 15) is 9.90 Å². The van der Waals surface area contributed by atoms with Crippen LogP contribution in [0.15, 0.2) is 44.4 Å². The Morgan fingerprint density at radius 3 is 2.62 bits per heavy atom. The van der Waals surface area contributed by atoms with Crippen molar-refractivity contribution in [3.8, 4) is 17.2 Å². The minimum absolute atomic E-state index is 0.0231. The van der Waals surface area contributed by atoms with E-state index >= 15 is 0 Å². The number of aromatic hydroxyl groups is 1. The number of phenols is 1. The zero-order valence-electron chi connectivity index (χ0n) is 15.4. The van der Waals surface area contributed by atoms with E-state index in [4.69, 9.17) is 9.47 Å². The first-order valence-corrected chi connectivity index (χ1v) is 12.2. The topological polar surface area (TPSA) is 80.2 Å². The SMILES string of the molecule is COc1cc(/C=N\NC(=O)COc2ccc(C3SCCS3)cc2)c(Br)c(Br)c1O. The lowest BCUT2D eigenvalue weighted by atomic mass is 10.2. The Morgan fingerprint density at radius 1 is 1.28 bits per heavy atom. The van der Waals surface area contributed by atoms with E-state index < -0.39 is 0 Å². The maximum atomic E-state index is 12.0. The number of ether oxygens (including phenoxy) is 2. The van der Waals surface area contributed by atoms with Crippen molar-refractivity contribution >= 4 is 67.5 Å². The fraction of sp³-hybridized carbons (Fsp3) is 0.263. The fourth-order valence-electron chi connectivity index (χ4n) is 2.49. The number of nitrogens with one attached hydrogen (secondary N) is 1. The van der Waals surface area contributed by atoms with Gasteiger partial charge in [0.25, 0.3) is 5.91 Å². The maximum absolute atomic E-state index is 12.0. The molecule has 3 rings (SSSR count). The molecule has 0 bridgehead atoms.